The number of para-hydroxylation sites is 1. The van der Waals surface area contributed by atoms with Gasteiger partial charge in [0.1, 0.15) is 5.65 Å². The summed E-state index contributed by atoms with van der Waals surface area (Å²) >= 11 is 0. The summed E-state index contributed by atoms with van der Waals surface area (Å²) in [7, 11) is 0. The number of nitriles is 1. The summed E-state index contributed by atoms with van der Waals surface area (Å²) in [6.07, 6.45) is 1.83. The molecule has 3 heteroatoms. The quantitative estimate of drug-likeness (QED) is 0.189. The lowest BCUT2D eigenvalue weighted by atomic mass is 9.85. The van der Waals surface area contributed by atoms with Gasteiger partial charge in [0.05, 0.1) is 17.1 Å². The Labute approximate surface area is 272 Å². The van der Waals surface area contributed by atoms with Gasteiger partial charge in [-0.3, -0.25) is 4.57 Å². The molecule has 0 saturated carbocycles. The predicted molar refractivity (Wildman–Crippen MR) is 195 cm³/mol. The fraction of sp³-hybridized carbons (Fsp3) is 0. The number of hydrogen-bond donors (Lipinski definition) is 0. The molecule has 0 radical (unpaired) electrons. The molecule has 0 aliphatic heterocycles. The molecule has 7 aromatic carbocycles. The first-order chi connectivity index (χ1) is 23.3. The van der Waals surface area contributed by atoms with Crippen LogP contribution in [0.4, 0.5) is 0 Å². The van der Waals surface area contributed by atoms with Crippen molar-refractivity contribution >= 4 is 43.5 Å². The van der Waals surface area contributed by atoms with Crippen molar-refractivity contribution in [2.75, 3.05) is 0 Å². The largest absolute Gasteiger partial charge is 0.294 e. The maximum atomic E-state index is 10.2. The first-order valence-electron chi connectivity index (χ1n) is 15.8. The van der Waals surface area contributed by atoms with Crippen LogP contribution in [0.15, 0.2) is 164 Å². The van der Waals surface area contributed by atoms with Crippen molar-refractivity contribution in [3.05, 3.63) is 169 Å². The van der Waals surface area contributed by atoms with Gasteiger partial charge in [0.2, 0.25) is 0 Å². The summed E-state index contributed by atoms with van der Waals surface area (Å²) in [6.45, 7) is 0. The number of rotatable bonds is 4. The van der Waals surface area contributed by atoms with Crippen LogP contribution in [0, 0.1) is 11.3 Å². The maximum Gasteiger partial charge on any atom is 0.145 e. The van der Waals surface area contributed by atoms with Crippen molar-refractivity contribution in [3.8, 4) is 45.1 Å². The Kier molecular flexibility index (Phi) is 6.19. The van der Waals surface area contributed by atoms with Crippen LogP contribution >= 0.6 is 0 Å². The summed E-state index contributed by atoms with van der Waals surface area (Å²) < 4.78 is 2.17. The highest BCUT2D eigenvalue weighted by Gasteiger charge is 2.18. The van der Waals surface area contributed by atoms with Crippen LogP contribution in [0.2, 0.25) is 0 Å². The summed E-state index contributed by atoms with van der Waals surface area (Å²) in [6, 6.07) is 57.8. The van der Waals surface area contributed by atoms with E-state index in [2.05, 4.69) is 144 Å². The number of benzene rings is 7. The van der Waals surface area contributed by atoms with E-state index in [-0.39, 0.29) is 0 Å². The molecular formula is C44H27N3. The predicted octanol–water partition coefficient (Wildman–Crippen LogP) is 11.4. The van der Waals surface area contributed by atoms with Crippen LogP contribution in [-0.2, 0) is 0 Å². The van der Waals surface area contributed by atoms with Crippen LogP contribution in [0.1, 0.15) is 5.56 Å². The Bertz CT molecular complexity index is 2580. The van der Waals surface area contributed by atoms with Crippen molar-refractivity contribution in [1.29, 1.82) is 5.26 Å². The van der Waals surface area contributed by atoms with E-state index in [1.54, 1.807) is 0 Å². The van der Waals surface area contributed by atoms with Crippen LogP contribution in [0.3, 0.4) is 0 Å². The molecule has 9 rings (SSSR count). The summed E-state index contributed by atoms with van der Waals surface area (Å²) in [4.78, 5) is 4.77. The van der Waals surface area contributed by atoms with Gasteiger partial charge in [0, 0.05) is 22.7 Å². The normalized spacial score (nSPS) is 11.4. The monoisotopic (exact) mass is 597 g/mol. The maximum absolute atomic E-state index is 10.2. The molecule has 47 heavy (non-hydrogen) atoms. The molecule has 2 heterocycles. The fourth-order valence-electron chi connectivity index (χ4n) is 7.24. The zero-order chi connectivity index (χ0) is 31.3. The van der Waals surface area contributed by atoms with E-state index in [0.717, 1.165) is 44.3 Å². The lowest BCUT2D eigenvalue weighted by molar-refractivity contribution is 1.13. The third-order valence-corrected chi connectivity index (χ3v) is 9.22. The van der Waals surface area contributed by atoms with E-state index < -0.39 is 0 Å². The Hall–Kier alpha value is -6.50. The second-order valence-corrected chi connectivity index (χ2v) is 11.9. The molecule has 9 aromatic rings. The average Bonchev–Trinajstić information content (AvgIpc) is 3.48. The smallest absolute Gasteiger partial charge is 0.145 e. The van der Waals surface area contributed by atoms with Gasteiger partial charge in [-0.05, 0) is 97.4 Å². The van der Waals surface area contributed by atoms with E-state index in [0.29, 0.717) is 5.56 Å². The van der Waals surface area contributed by atoms with Gasteiger partial charge in [-0.25, -0.2) is 4.98 Å². The van der Waals surface area contributed by atoms with Crippen LogP contribution in [-0.4, -0.2) is 9.55 Å². The molecule has 0 atom stereocenters. The Balaban J connectivity index is 1.28. The molecule has 0 fully saturated rings. The SMILES string of the molecule is N#Cc1cc(-c2cccc(-c3c4ccccc4c(-c4ccccc4)c4ccccc34)c2)cc(-n2c3ccccc3c3cccnc32)c1. The zero-order valence-electron chi connectivity index (χ0n) is 25.4. The van der Waals surface area contributed by atoms with Gasteiger partial charge < -0.3 is 0 Å². The zero-order valence-corrected chi connectivity index (χ0v) is 25.4. The standard InChI is InChI=1S/C44H27N3/c45-28-29-24-33(27-34(25-29)47-41-22-9-8-16-35(41)40-21-11-23-46-44(40)47)31-14-10-15-32(26-31)43-38-19-6-4-17-36(38)42(30-12-2-1-3-13-30)37-18-5-7-20-39(37)43/h1-27H. The summed E-state index contributed by atoms with van der Waals surface area (Å²) in [5.74, 6) is 0. The van der Waals surface area contributed by atoms with Gasteiger partial charge in [0.25, 0.3) is 0 Å². The molecule has 3 nitrogen and oxygen atoms in total. The molecular weight excluding hydrogens is 571 g/mol. The molecule has 0 aliphatic carbocycles. The van der Waals surface area contributed by atoms with E-state index in [1.165, 1.54) is 38.2 Å². The Morgan fingerprint density at radius 2 is 1.02 bits per heavy atom. The number of nitrogens with zero attached hydrogens (tertiary/aromatic N) is 3. The van der Waals surface area contributed by atoms with Gasteiger partial charge in [-0.1, -0.05) is 115 Å². The molecule has 0 bridgehead atoms. The fourth-order valence-corrected chi connectivity index (χ4v) is 7.24. The van der Waals surface area contributed by atoms with Crippen molar-refractivity contribution in [3.63, 3.8) is 0 Å². The average molecular weight is 598 g/mol. The van der Waals surface area contributed by atoms with E-state index in [1.807, 2.05) is 30.5 Å². The van der Waals surface area contributed by atoms with Gasteiger partial charge in [-0.15, -0.1) is 0 Å². The highest BCUT2D eigenvalue weighted by molar-refractivity contribution is 6.21. The highest BCUT2D eigenvalue weighted by Crippen LogP contribution is 2.44. The second kappa shape index (κ2) is 10.8. The molecule has 0 saturated heterocycles. The van der Waals surface area contributed by atoms with Crippen molar-refractivity contribution < 1.29 is 0 Å². The second-order valence-electron chi connectivity index (χ2n) is 11.9. The third kappa shape index (κ3) is 4.31. The van der Waals surface area contributed by atoms with Gasteiger partial charge >= 0.3 is 0 Å². The van der Waals surface area contributed by atoms with Crippen LogP contribution in [0.5, 0.6) is 0 Å². The minimum Gasteiger partial charge on any atom is -0.294 e. The van der Waals surface area contributed by atoms with E-state index >= 15 is 0 Å². The molecule has 0 unspecified atom stereocenters. The van der Waals surface area contributed by atoms with Gasteiger partial charge in [-0.2, -0.15) is 5.26 Å². The first kappa shape index (κ1) is 26.9. The lowest BCUT2D eigenvalue weighted by Gasteiger charge is -2.18. The van der Waals surface area contributed by atoms with Gasteiger partial charge in [0.15, 0.2) is 0 Å². The summed E-state index contributed by atoms with van der Waals surface area (Å²) in [5, 5.41) is 17.3. The van der Waals surface area contributed by atoms with Crippen molar-refractivity contribution in [1.82, 2.24) is 9.55 Å². The molecule has 0 spiro atoms. The molecule has 2 aromatic heterocycles. The number of pyridine rings is 1. The third-order valence-electron chi connectivity index (χ3n) is 9.22. The molecule has 0 amide bonds. The topological polar surface area (TPSA) is 41.6 Å². The Morgan fingerprint density at radius 1 is 0.447 bits per heavy atom. The van der Waals surface area contributed by atoms with Crippen molar-refractivity contribution in [2.45, 2.75) is 0 Å². The Morgan fingerprint density at radius 3 is 1.72 bits per heavy atom. The molecule has 0 N–H and O–H groups in total. The first-order valence-corrected chi connectivity index (χ1v) is 15.8. The number of fused-ring (bicyclic) bond motifs is 5. The number of hydrogen-bond acceptors (Lipinski definition) is 2. The minimum absolute atomic E-state index is 0.605. The summed E-state index contributed by atoms with van der Waals surface area (Å²) in [5.41, 5.74) is 10.3. The lowest BCUT2D eigenvalue weighted by Crippen LogP contribution is -1.97. The molecule has 218 valence electrons. The number of aromatic nitrogens is 2. The van der Waals surface area contributed by atoms with E-state index in [4.69, 9.17) is 4.98 Å². The van der Waals surface area contributed by atoms with Crippen LogP contribution in [0.25, 0.3) is 82.5 Å². The minimum atomic E-state index is 0.605. The van der Waals surface area contributed by atoms with E-state index in [9.17, 15) is 5.26 Å². The van der Waals surface area contributed by atoms with Crippen molar-refractivity contribution in [2.24, 2.45) is 0 Å². The highest BCUT2D eigenvalue weighted by atomic mass is 15.0. The molecule has 0 aliphatic rings. The van der Waals surface area contributed by atoms with Crippen LogP contribution < -0.4 is 0 Å².